The SMILES string of the molecule is CN=C(NCCc1ccccn1)NCc1cccnc1N(C)C. The van der Waals surface area contributed by atoms with E-state index in [0.717, 1.165) is 36.0 Å². The molecule has 2 heterocycles. The van der Waals surface area contributed by atoms with Crippen molar-refractivity contribution in [3.05, 3.63) is 54.0 Å². The number of aromatic nitrogens is 2. The molecule has 0 unspecified atom stereocenters. The summed E-state index contributed by atoms with van der Waals surface area (Å²) >= 11 is 0. The zero-order valence-corrected chi connectivity index (χ0v) is 14.0. The second-order valence-corrected chi connectivity index (χ2v) is 5.30. The van der Waals surface area contributed by atoms with Gasteiger partial charge in [-0.25, -0.2) is 4.98 Å². The fraction of sp³-hybridized carbons (Fsp3) is 0.353. The highest BCUT2D eigenvalue weighted by molar-refractivity contribution is 5.79. The van der Waals surface area contributed by atoms with E-state index < -0.39 is 0 Å². The normalized spacial score (nSPS) is 11.2. The first-order valence-corrected chi connectivity index (χ1v) is 7.66. The van der Waals surface area contributed by atoms with Crippen LogP contribution in [0.4, 0.5) is 5.82 Å². The first-order chi connectivity index (χ1) is 11.2. The minimum atomic E-state index is 0.671. The lowest BCUT2D eigenvalue weighted by Crippen LogP contribution is -2.38. The maximum absolute atomic E-state index is 4.40. The van der Waals surface area contributed by atoms with Crippen molar-refractivity contribution in [2.24, 2.45) is 4.99 Å². The van der Waals surface area contributed by atoms with Crippen LogP contribution < -0.4 is 15.5 Å². The number of nitrogens with one attached hydrogen (secondary N) is 2. The van der Waals surface area contributed by atoms with Gasteiger partial charge in [-0.2, -0.15) is 0 Å². The molecule has 2 rings (SSSR count). The molecule has 0 aromatic carbocycles. The molecule has 0 radical (unpaired) electrons. The molecule has 0 amide bonds. The molecule has 0 aliphatic rings. The third-order valence-corrected chi connectivity index (χ3v) is 3.36. The summed E-state index contributed by atoms with van der Waals surface area (Å²) in [6, 6.07) is 9.96. The Kier molecular flexibility index (Phi) is 6.35. The maximum atomic E-state index is 4.40. The van der Waals surface area contributed by atoms with Crippen molar-refractivity contribution < 1.29 is 0 Å². The summed E-state index contributed by atoms with van der Waals surface area (Å²) in [7, 11) is 5.75. The Hall–Kier alpha value is -2.63. The molecule has 0 fully saturated rings. The molecule has 6 heteroatoms. The Morgan fingerprint density at radius 1 is 1.09 bits per heavy atom. The molecular weight excluding hydrogens is 288 g/mol. The predicted octanol–water partition coefficient (Wildman–Crippen LogP) is 1.45. The monoisotopic (exact) mass is 312 g/mol. The van der Waals surface area contributed by atoms with Gasteiger partial charge in [0.1, 0.15) is 5.82 Å². The molecule has 23 heavy (non-hydrogen) atoms. The quantitative estimate of drug-likeness (QED) is 0.624. The van der Waals surface area contributed by atoms with Crippen LogP contribution >= 0.6 is 0 Å². The number of pyridine rings is 2. The van der Waals surface area contributed by atoms with E-state index in [0.29, 0.717) is 6.54 Å². The summed E-state index contributed by atoms with van der Waals surface area (Å²) in [5.74, 6) is 1.73. The standard InChI is InChI=1S/C17H24N6/c1-18-17(21-12-9-15-8-4-5-10-19-15)22-13-14-7-6-11-20-16(14)23(2)3/h4-8,10-11H,9,12-13H2,1-3H3,(H2,18,21,22). The van der Waals surface area contributed by atoms with Crippen LogP contribution in [-0.4, -0.2) is 43.6 Å². The van der Waals surface area contributed by atoms with Crippen molar-refractivity contribution in [2.75, 3.05) is 32.6 Å². The van der Waals surface area contributed by atoms with Crippen molar-refractivity contribution in [1.82, 2.24) is 20.6 Å². The third-order valence-electron chi connectivity index (χ3n) is 3.36. The van der Waals surface area contributed by atoms with Crippen LogP contribution in [0.5, 0.6) is 0 Å². The minimum absolute atomic E-state index is 0.671. The summed E-state index contributed by atoms with van der Waals surface area (Å²) in [6.45, 7) is 1.45. The van der Waals surface area contributed by atoms with Gasteiger partial charge in [-0.1, -0.05) is 12.1 Å². The van der Waals surface area contributed by atoms with E-state index in [9.17, 15) is 0 Å². The summed E-state index contributed by atoms with van der Waals surface area (Å²) in [5.41, 5.74) is 2.20. The Morgan fingerprint density at radius 2 is 1.91 bits per heavy atom. The summed E-state index contributed by atoms with van der Waals surface area (Å²) < 4.78 is 0. The van der Waals surface area contributed by atoms with Gasteiger partial charge >= 0.3 is 0 Å². The fourth-order valence-corrected chi connectivity index (χ4v) is 2.23. The van der Waals surface area contributed by atoms with Crippen LogP contribution in [-0.2, 0) is 13.0 Å². The first-order valence-electron chi connectivity index (χ1n) is 7.66. The fourth-order valence-electron chi connectivity index (χ4n) is 2.23. The summed E-state index contributed by atoms with van der Waals surface area (Å²) in [4.78, 5) is 15.0. The van der Waals surface area contributed by atoms with E-state index in [4.69, 9.17) is 0 Å². The van der Waals surface area contributed by atoms with Gasteiger partial charge in [0.2, 0.25) is 0 Å². The van der Waals surface area contributed by atoms with Gasteiger partial charge in [0.25, 0.3) is 0 Å². The Morgan fingerprint density at radius 3 is 2.61 bits per heavy atom. The highest BCUT2D eigenvalue weighted by Crippen LogP contribution is 2.13. The average Bonchev–Trinajstić information content (AvgIpc) is 2.59. The van der Waals surface area contributed by atoms with Gasteiger partial charge in [0.15, 0.2) is 5.96 Å². The molecule has 0 saturated carbocycles. The van der Waals surface area contributed by atoms with Gasteiger partial charge in [-0.15, -0.1) is 0 Å². The van der Waals surface area contributed by atoms with E-state index in [1.54, 1.807) is 13.2 Å². The topological polar surface area (TPSA) is 65.4 Å². The Balaban J connectivity index is 1.84. The number of hydrogen-bond acceptors (Lipinski definition) is 4. The number of aliphatic imine (C=N–C) groups is 1. The van der Waals surface area contributed by atoms with Gasteiger partial charge in [-0.05, 0) is 18.2 Å². The van der Waals surface area contributed by atoms with E-state index in [-0.39, 0.29) is 0 Å². The molecule has 2 aromatic rings. The third kappa shape index (κ3) is 5.25. The van der Waals surface area contributed by atoms with E-state index in [1.165, 1.54) is 0 Å². The summed E-state index contributed by atoms with van der Waals surface area (Å²) in [6.07, 6.45) is 4.48. The number of anilines is 1. The highest BCUT2D eigenvalue weighted by atomic mass is 15.2. The predicted molar refractivity (Wildman–Crippen MR) is 94.7 cm³/mol. The maximum Gasteiger partial charge on any atom is 0.191 e. The van der Waals surface area contributed by atoms with E-state index in [2.05, 4.69) is 31.7 Å². The minimum Gasteiger partial charge on any atom is -0.362 e. The molecule has 0 aliphatic carbocycles. The molecule has 0 aliphatic heterocycles. The van der Waals surface area contributed by atoms with Crippen molar-refractivity contribution in [3.63, 3.8) is 0 Å². The molecule has 0 saturated heterocycles. The number of nitrogens with zero attached hydrogens (tertiary/aromatic N) is 4. The zero-order chi connectivity index (χ0) is 16.5. The Bertz CT molecular complexity index is 624. The second-order valence-electron chi connectivity index (χ2n) is 5.30. The zero-order valence-electron chi connectivity index (χ0n) is 14.0. The van der Waals surface area contributed by atoms with Crippen LogP contribution in [0, 0.1) is 0 Å². The molecule has 122 valence electrons. The molecule has 2 aromatic heterocycles. The van der Waals surface area contributed by atoms with Crippen molar-refractivity contribution in [1.29, 1.82) is 0 Å². The summed E-state index contributed by atoms with van der Waals surface area (Å²) in [5, 5.41) is 6.62. The lowest BCUT2D eigenvalue weighted by atomic mass is 10.2. The van der Waals surface area contributed by atoms with Crippen molar-refractivity contribution >= 4 is 11.8 Å². The molecule has 0 atom stereocenters. The van der Waals surface area contributed by atoms with Crippen LogP contribution in [0.2, 0.25) is 0 Å². The van der Waals surface area contributed by atoms with Gasteiger partial charge in [0, 0.05) is 64.3 Å². The van der Waals surface area contributed by atoms with Gasteiger partial charge in [-0.3, -0.25) is 9.98 Å². The molecule has 2 N–H and O–H groups in total. The lowest BCUT2D eigenvalue weighted by Gasteiger charge is -2.17. The average molecular weight is 312 g/mol. The van der Waals surface area contributed by atoms with Crippen molar-refractivity contribution in [3.8, 4) is 0 Å². The molecule has 6 nitrogen and oxygen atoms in total. The van der Waals surface area contributed by atoms with Crippen LogP contribution in [0.1, 0.15) is 11.3 Å². The van der Waals surface area contributed by atoms with Crippen molar-refractivity contribution in [2.45, 2.75) is 13.0 Å². The van der Waals surface area contributed by atoms with Gasteiger partial charge < -0.3 is 15.5 Å². The van der Waals surface area contributed by atoms with Crippen LogP contribution in [0.25, 0.3) is 0 Å². The largest absolute Gasteiger partial charge is 0.362 e. The molecular formula is C17H24N6. The first kappa shape index (κ1) is 16.7. The molecule has 0 bridgehead atoms. The number of hydrogen-bond donors (Lipinski definition) is 2. The number of guanidine groups is 1. The van der Waals surface area contributed by atoms with E-state index in [1.807, 2.05) is 49.5 Å². The van der Waals surface area contributed by atoms with Crippen LogP contribution in [0.15, 0.2) is 47.7 Å². The molecule has 0 spiro atoms. The van der Waals surface area contributed by atoms with Gasteiger partial charge in [0.05, 0.1) is 0 Å². The van der Waals surface area contributed by atoms with E-state index >= 15 is 0 Å². The number of rotatable bonds is 6. The lowest BCUT2D eigenvalue weighted by molar-refractivity contribution is 0.781. The highest BCUT2D eigenvalue weighted by Gasteiger charge is 2.06. The second kappa shape index (κ2) is 8.73. The Labute approximate surface area is 137 Å². The van der Waals surface area contributed by atoms with Crippen LogP contribution in [0.3, 0.4) is 0 Å². The smallest absolute Gasteiger partial charge is 0.191 e.